The van der Waals surface area contributed by atoms with Crippen LogP contribution in [-0.2, 0) is 0 Å². The van der Waals surface area contributed by atoms with Crippen LogP contribution in [0.2, 0.25) is 0 Å². The molecule has 0 saturated carbocycles. The van der Waals surface area contributed by atoms with Gasteiger partial charge in [-0.25, -0.2) is 9.97 Å². The van der Waals surface area contributed by atoms with Gasteiger partial charge in [0.15, 0.2) is 0 Å². The maximum Gasteiger partial charge on any atom is 0.115 e. The fraction of sp³-hybridized carbons (Fsp3) is 0.0923. The van der Waals surface area contributed by atoms with Gasteiger partial charge in [-0.3, -0.25) is 4.98 Å². The number of rotatable bonds is 4. The van der Waals surface area contributed by atoms with Crippen LogP contribution >= 0.6 is 0 Å². The van der Waals surface area contributed by atoms with Crippen molar-refractivity contribution in [3.63, 3.8) is 0 Å². The second-order valence-corrected chi connectivity index (χ2v) is 19.5. The summed E-state index contributed by atoms with van der Waals surface area (Å²) in [6.45, 7) is 13.2. The molecule has 0 saturated heterocycles. The molecule has 10 aromatic carbocycles. The lowest BCUT2D eigenvalue weighted by molar-refractivity contribution is 1.17. The third-order valence-electron chi connectivity index (χ3n) is 15.4. The molecule has 320 valence electrons. The van der Waals surface area contributed by atoms with E-state index in [0.29, 0.717) is 0 Å². The zero-order chi connectivity index (χ0) is 45.7. The summed E-state index contributed by atoms with van der Waals surface area (Å²) in [5, 5.41) is 12.6. The summed E-state index contributed by atoms with van der Waals surface area (Å²) in [5.41, 5.74) is 27.4. The molecule has 0 radical (unpaired) electrons. The fourth-order valence-electron chi connectivity index (χ4n) is 12.3. The van der Waals surface area contributed by atoms with Crippen LogP contribution in [0.3, 0.4) is 0 Å². The highest BCUT2D eigenvalue weighted by Gasteiger charge is 2.29. The van der Waals surface area contributed by atoms with Crippen molar-refractivity contribution in [3.05, 3.63) is 198 Å². The Labute approximate surface area is 395 Å². The van der Waals surface area contributed by atoms with Crippen molar-refractivity contribution in [1.29, 1.82) is 0 Å². The predicted molar refractivity (Wildman–Crippen MR) is 286 cm³/mol. The second-order valence-electron chi connectivity index (χ2n) is 19.5. The first-order valence-corrected chi connectivity index (χ1v) is 23.7. The molecule has 14 rings (SSSR count). The van der Waals surface area contributed by atoms with Crippen LogP contribution in [0.4, 0.5) is 0 Å². The number of benzene rings is 10. The van der Waals surface area contributed by atoms with Crippen LogP contribution in [0, 0.1) is 41.5 Å². The fourth-order valence-corrected chi connectivity index (χ4v) is 12.3. The minimum Gasteiger partial charge on any atom is -0.264 e. The van der Waals surface area contributed by atoms with Gasteiger partial charge in [-0.15, -0.1) is 0 Å². The lowest BCUT2D eigenvalue weighted by atomic mass is 9.84. The molecule has 2 aliphatic carbocycles. The molecular weight excluding hydrogens is 823 g/mol. The van der Waals surface area contributed by atoms with Crippen molar-refractivity contribution in [2.45, 2.75) is 41.5 Å². The number of aromatic nitrogens is 3. The lowest BCUT2D eigenvalue weighted by Crippen LogP contribution is -1.95. The number of nitrogens with zero attached hydrogens (tertiary/aromatic N) is 3. The smallest absolute Gasteiger partial charge is 0.115 e. The summed E-state index contributed by atoms with van der Waals surface area (Å²) in [6, 6.07) is 51.7. The van der Waals surface area contributed by atoms with Crippen molar-refractivity contribution < 1.29 is 0 Å². The monoisotopic (exact) mass is 867 g/mol. The zero-order valence-electron chi connectivity index (χ0n) is 38.9. The van der Waals surface area contributed by atoms with Gasteiger partial charge >= 0.3 is 0 Å². The Morgan fingerprint density at radius 2 is 0.676 bits per heavy atom. The Hall–Kier alpha value is -8.27. The van der Waals surface area contributed by atoms with Gasteiger partial charge in [-0.2, -0.15) is 0 Å². The van der Waals surface area contributed by atoms with Gasteiger partial charge in [0.05, 0.1) is 0 Å². The van der Waals surface area contributed by atoms with Crippen LogP contribution in [0.5, 0.6) is 0 Å². The van der Waals surface area contributed by atoms with Gasteiger partial charge < -0.3 is 0 Å². The van der Waals surface area contributed by atoms with E-state index < -0.39 is 0 Å². The molecule has 0 N–H and O–H groups in total. The largest absolute Gasteiger partial charge is 0.264 e. The Kier molecular flexibility index (Phi) is 8.09. The van der Waals surface area contributed by atoms with Crippen molar-refractivity contribution in [2.24, 2.45) is 0 Å². The summed E-state index contributed by atoms with van der Waals surface area (Å²) in [5.74, 6) is 0. The van der Waals surface area contributed by atoms with Gasteiger partial charge in [-0.1, -0.05) is 108 Å². The van der Waals surface area contributed by atoms with E-state index in [4.69, 9.17) is 0 Å². The first kappa shape index (κ1) is 38.9. The minimum atomic E-state index is 1.00. The molecule has 0 atom stereocenters. The molecule has 2 aromatic heterocycles. The highest BCUT2D eigenvalue weighted by molar-refractivity contribution is 6.30. The third kappa shape index (κ3) is 5.39. The van der Waals surface area contributed by atoms with E-state index in [1.807, 2.05) is 24.8 Å². The summed E-state index contributed by atoms with van der Waals surface area (Å²) in [7, 11) is 0. The zero-order valence-corrected chi connectivity index (χ0v) is 38.9. The van der Waals surface area contributed by atoms with Gasteiger partial charge in [0, 0.05) is 30.4 Å². The standard InChI is InChI=1S/C65H45N3/c1-34-13-15-36(3)49(21-34)41-17-19-47-54-24-56-51(40-31-67-33-68-32-40)23-57-59-26-53-46-12-8-10-44-42(50-22-35(2)14-16-37(50)4)18-20-48(65(44)46)55(53)27-61(59)62(63-38(5)29-66-30-39(63)6)28-60(57)58(56)25-52(54)45-11-7-9-43(41)64(45)47/h7-33H,1-6H3. The maximum absolute atomic E-state index is 4.66. The van der Waals surface area contributed by atoms with Gasteiger partial charge in [-0.05, 0) is 238 Å². The molecule has 68 heavy (non-hydrogen) atoms. The molecule has 2 heterocycles. The summed E-state index contributed by atoms with van der Waals surface area (Å²) >= 11 is 0. The highest BCUT2D eigenvalue weighted by Crippen LogP contribution is 2.56. The highest BCUT2D eigenvalue weighted by atomic mass is 14.8. The van der Waals surface area contributed by atoms with E-state index in [2.05, 4.69) is 190 Å². The molecule has 0 amide bonds. The summed E-state index contributed by atoms with van der Waals surface area (Å²) in [4.78, 5) is 13.8. The van der Waals surface area contributed by atoms with Crippen LogP contribution in [0.1, 0.15) is 33.4 Å². The van der Waals surface area contributed by atoms with E-state index >= 15 is 0 Å². The van der Waals surface area contributed by atoms with E-state index in [9.17, 15) is 0 Å². The van der Waals surface area contributed by atoms with Crippen LogP contribution in [0.25, 0.3) is 143 Å². The van der Waals surface area contributed by atoms with Crippen LogP contribution in [-0.4, -0.2) is 15.0 Å². The van der Waals surface area contributed by atoms with Crippen molar-refractivity contribution in [3.8, 4) is 89.0 Å². The number of aryl methyl sites for hydroxylation is 6. The van der Waals surface area contributed by atoms with Gasteiger partial charge in [0.25, 0.3) is 0 Å². The van der Waals surface area contributed by atoms with Crippen LogP contribution < -0.4 is 0 Å². The first-order valence-electron chi connectivity index (χ1n) is 23.7. The molecular formula is C65H45N3. The Morgan fingerprint density at radius 3 is 1.19 bits per heavy atom. The van der Waals surface area contributed by atoms with E-state index in [-0.39, 0.29) is 0 Å². The summed E-state index contributed by atoms with van der Waals surface area (Å²) < 4.78 is 0. The molecule has 3 nitrogen and oxygen atoms in total. The average molecular weight is 868 g/mol. The van der Waals surface area contributed by atoms with Gasteiger partial charge in [0.1, 0.15) is 6.33 Å². The Morgan fingerprint density at radius 1 is 0.265 bits per heavy atom. The Bertz CT molecular complexity index is 4230. The molecule has 3 heteroatoms. The predicted octanol–water partition coefficient (Wildman–Crippen LogP) is 17.5. The number of fused-ring (bicyclic) bond motifs is 11. The SMILES string of the molecule is Cc1ccc(C)c(-c2ccc3c4c(cccc24)-c2cc4c(cc2-3)c(-c2cncnc2)cc2c3cc5c(cc3c(-c3c(C)cncc3C)cc42)-c2ccc(-c3cc(C)ccc3C)c3cccc-5c23)c1. The first-order chi connectivity index (χ1) is 33.2. The topological polar surface area (TPSA) is 38.7 Å². The molecule has 0 unspecified atom stereocenters. The number of pyridine rings is 1. The van der Waals surface area contributed by atoms with Crippen molar-refractivity contribution >= 4 is 53.9 Å². The third-order valence-corrected chi connectivity index (χ3v) is 15.4. The molecule has 0 fully saturated rings. The van der Waals surface area contributed by atoms with E-state index in [1.165, 1.54) is 165 Å². The second kappa shape index (κ2) is 14.1. The average Bonchev–Trinajstić information content (AvgIpc) is 3.85. The molecule has 2 aliphatic rings. The van der Waals surface area contributed by atoms with Crippen molar-refractivity contribution in [2.75, 3.05) is 0 Å². The quantitative estimate of drug-likeness (QED) is 0.165. The Balaban J connectivity index is 1.10. The molecule has 0 spiro atoms. The maximum atomic E-state index is 4.66. The van der Waals surface area contributed by atoms with E-state index in [0.717, 1.165) is 11.1 Å². The normalized spacial score (nSPS) is 12.3. The number of hydrogen-bond donors (Lipinski definition) is 0. The van der Waals surface area contributed by atoms with E-state index in [1.54, 1.807) is 6.33 Å². The van der Waals surface area contributed by atoms with Crippen LogP contribution in [0.15, 0.2) is 165 Å². The van der Waals surface area contributed by atoms with Crippen molar-refractivity contribution in [1.82, 2.24) is 15.0 Å². The summed E-state index contributed by atoms with van der Waals surface area (Å²) in [6.07, 6.45) is 9.60. The van der Waals surface area contributed by atoms with Gasteiger partial charge in [0.2, 0.25) is 0 Å². The molecule has 0 bridgehead atoms. The minimum absolute atomic E-state index is 1.00. The number of hydrogen-bond acceptors (Lipinski definition) is 3. The lowest BCUT2D eigenvalue weighted by Gasteiger charge is -2.20. The molecule has 12 aromatic rings. The molecule has 0 aliphatic heterocycles.